The number of rotatable bonds is 10. The van der Waals surface area contributed by atoms with E-state index in [-0.39, 0.29) is 6.42 Å². The highest BCUT2D eigenvalue weighted by atomic mass is 19.1. The molecule has 0 radical (unpaired) electrons. The van der Waals surface area contributed by atoms with Crippen molar-refractivity contribution < 1.29 is 8.78 Å². The monoisotopic (exact) mass is 424 g/mol. The van der Waals surface area contributed by atoms with Crippen LogP contribution in [0.4, 0.5) is 20.2 Å². The summed E-state index contributed by atoms with van der Waals surface area (Å²) in [6.45, 7) is 12.8. The van der Waals surface area contributed by atoms with Crippen molar-refractivity contribution in [2.75, 3.05) is 30.4 Å². The fraction of sp³-hybridized carbons (Fsp3) is 0.360. The molecule has 164 valence electrons. The van der Waals surface area contributed by atoms with Crippen molar-refractivity contribution in [3.05, 3.63) is 72.5 Å². The maximum atomic E-state index is 13.5. The van der Waals surface area contributed by atoms with Gasteiger partial charge in [-0.3, -0.25) is 4.99 Å². The average Bonchev–Trinajstić information content (AvgIpc) is 2.74. The smallest absolute Gasteiger partial charge is 0.118 e. The molecule has 0 bridgehead atoms. The summed E-state index contributed by atoms with van der Waals surface area (Å²) in [7, 11) is 1.67. The normalized spacial score (nSPS) is 15.0. The number of nitrogens with one attached hydrogen (secondary N) is 1. The van der Waals surface area contributed by atoms with Gasteiger partial charge in [0.15, 0.2) is 0 Å². The third kappa shape index (κ3) is 7.53. The van der Waals surface area contributed by atoms with Crippen molar-refractivity contribution in [2.45, 2.75) is 32.1 Å². The van der Waals surface area contributed by atoms with Crippen LogP contribution >= 0.6 is 0 Å². The van der Waals surface area contributed by atoms with Crippen LogP contribution in [-0.4, -0.2) is 26.4 Å². The summed E-state index contributed by atoms with van der Waals surface area (Å²) in [4.78, 5) is 6.25. The molecule has 0 saturated carbocycles. The number of piperidine rings is 1. The van der Waals surface area contributed by atoms with E-state index in [0.29, 0.717) is 29.2 Å². The van der Waals surface area contributed by atoms with Crippen LogP contribution in [0.15, 0.2) is 71.9 Å². The summed E-state index contributed by atoms with van der Waals surface area (Å²) in [5.41, 5.74) is 3.69. The first-order valence-electron chi connectivity index (χ1n) is 10.4. The van der Waals surface area contributed by atoms with Gasteiger partial charge in [-0.1, -0.05) is 19.7 Å². The number of hydrogen-bond acceptors (Lipinski definition) is 4. The highest BCUT2D eigenvalue weighted by Crippen LogP contribution is 2.33. The molecule has 1 saturated heterocycles. The Morgan fingerprint density at radius 3 is 2.61 bits per heavy atom. The summed E-state index contributed by atoms with van der Waals surface area (Å²) < 4.78 is 26.1. The molecule has 2 rings (SSSR count). The Balaban J connectivity index is 1.99. The van der Waals surface area contributed by atoms with Gasteiger partial charge in [0, 0.05) is 43.7 Å². The van der Waals surface area contributed by atoms with E-state index < -0.39 is 11.7 Å². The minimum absolute atomic E-state index is 0.250. The number of aliphatic imine (C=N–C) groups is 1. The van der Waals surface area contributed by atoms with Crippen molar-refractivity contribution >= 4 is 17.6 Å². The van der Waals surface area contributed by atoms with Crippen LogP contribution in [0.5, 0.6) is 0 Å². The quantitative estimate of drug-likeness (QED) is 0.346. The standard InChI is InChI=1S/C25H30F2N4/c1-18(17-29-4)20(3)30-24-15-22(16-28)8-9-25(24)31-12-10-21(11-13-31)6-5-7-23(27)14-19(2)26/h8-9,14-15,17,21,30H,1-3,5-7,10-13H2,4H3/b23-14+,29-17?. The van der Waals surface area contributed by atoms with Gasteiger partial charge in [-0.05, 0) is 56.2 Å². The Labute approximate surface area is 184 Å². The maximum Gasteiger partial charge on any atom is 0.118 e. The molecule has 1 aromatic rings. The highest BCUT2D eigenvalue weighted by molar-refractivity contribution is 5.86. The molecule has 1 heterocycles. The molecule has 1 aliphatic rings. The van der Waals surface area contributed by atoms with Gasteiger partial charge in [0.2, 0.25) is 0 Å². The second-order valence-electron chi connectivity index (χ2n) is 7.72. The predicted octanol–water partition coefficient (Wildman–Crippen LogP) is 6.46. The van der Waals surface area contributed by atoms with Gasteiger partial charge in [-0.25, -0.2) is 8.78 Å². The number of halogens is 2. The minimum Gasteiger partial charge on any atom is -0.370 e. The molecular weight excluding hydrogens is 394 g/mol. The molecule has 4 nitrogen and oxygen atoms in total. The highest BCUT2D eigenvalue weighted by Gasteiger charge is 2.21. The fourth-order valence-corrected chi connectivity index (χ4v) is 3.72. The fourth-order valence-electron chi connectivity index (χ4n) is 3.72. The predicted molar refractivity (Wildman–Crippen MR) is 126 cm³/mol. The molecule has 1 aliphatic heterocycles. The summed E-state index contributed by atoms with van der Waals surface area (Å²) in [5.74, 6) is -0.679. The molecule has 1 N–H and O–H groups in total. The molecule has 31 heavy (non-hydrogen) atoms. The van der Waals surface area contributed by atoms with E-state index >= 15 is 0 Å². The Bertz CT molecular complexity index is 916. The molecule has 0 unspecified atom stereocenters. The second-order valence-corrected chi connectivity index (χ2v) is 7.72. The molecule has 0 spiro atoms. The van der Waals surface area contributed by atoms with Gasteiger partial charge in [0.25, 0.3) is 0 Å². The first kappa shape index (κ1) is 24.1. The molecule has 0 aromatic heterocycles. The third-order valence-electron chi connectivity index (χ3n) is 5.38. The lowest BCUT2D eigenvalue weighted by molar-refractivity contribution is 0.368. The molecule has 0 aliphatic carbocycles. The van der Waals surface area contributed by atoms with Gasteiger partial charge < -0.3 is 10.2 Å². The molecule has 0 atom stereocenters. The van der Waals surface area contributed by atoms with Crippen molar-refractivity contribution in [1.82, 2.24) is 0 Å². The van der Waals surface area contributed by atoms with Crippen molar-refractivity contribution in [3.8, 4) is 6.07 Å². The van der Waals surface area contributed by atoms with E-state index in [1.54, 1.807) is 13.3 Å². The van der Waals surface area contributed by atoms with Gasteiger partial charge in [0.1, 0.15) is 11.7 Å². The van der Waals surface area contributed by atoms with Crippen molar-refractivity contribution in [1.29, 1.82) is 5.26 Å². The molecule has 0 amide bonds. The van der Waals surface area contributed by atoms with Crippen LogP contribution in [0, 0.1) is 17.2 Å². The molecule has 1 aromatic carbocycles. The summed E-state index contributed by atoms with van der Waals surface area (Å²) in [6.07, 6.45) is 6.35. The van der Waals surface area contributed by atoms with Crippen LogP contribution in [0.1, 0.15) is 37.7 Å². The Kier molecular flexibility index (Phi) is 9.20. The number of nitriles is 1. The first-order chi connectivity index (χ1) is 14.8. The van der Waals surface area contributed by atoms with Gasteiger partial charge >= 0.3 is 0 Å². The van der Waals surface area contributed by atoms with E-state index in [1.807, 2.05) is 18.2 Å². The lowest BCUT2D eigenvalue weighted by Gasteiger charge is -2.35. The first-order valence-corrected chi connectivity index (χ1v) is 10.4. The topological polar surface area (TPSA) is 51.4 Å². The summed E-state index contributed by atoms with van der Waals surface area (Å²) >= 11 is 0. The van der Waals surface area contributed by atoms with Gasteiger partial charge in [-0.15, -0.1) is 0 Å². The van der Waals surface area contributed by atoms with E-state index in [2.05, 4.69) is 41.0 Å². The zero-order valence-corrected chi connectivity index (χ0v) is 18.1. The third-order valence-corrected chi connectivity index (χ3v) is 5.38. The Hall–Kier alpha value is -3.20. The van der Waals surface area contributed by atoms with E-state index in [1.165, 1.54) is 0 Å². The number of benzene rings is 1. The number of anilines is 2. The van der Waals surface area contributed by atoms with Crippen LogP contribution in [-0.2, 0) is 0 Å². The summed E-state index contributed by atoms with van der Waals surface area (Å²) in [5, 5.41) is 12.6. The van der Waals surface area contributed by atoms with Gasteiger partial charge in [-0.2, -0.15) is 5.26 Å². The van der Waals surface area contributed by atoms with Gasteiger partial charge in [0.05, 0.1) is 23.0 Å². The lowest BCUT2D eigenvalue weighted by atomic mass is 9.91. The zero-order valence-electron chi connectivity index (χ0n) is 18.1. The number of nitrogens with zero attached hydrogens (tertiary/aromatic N) is 3. The van der Waals surface area contributed by atoms with Crippen LogP contribution in [0.25, 0.3) is 0 Å². The lowest BCUT2D eigenvalue weighted by Crippen LogP contribution is -2.34. The van der Waals surface area contributed by atoms with E-state index in [4.69, 9.17) is 0 Å². The van der Waals surface area contributed by atoms with Crippen molar-refractivity contribution in [3.63, 3.8) is 0 Å². The Morgan fingerprint density at radius 2 is 2.00 bits per heavy atom. The maximum absolute atomic E-state index is 13.5. The van der Waals surface area contributed by atoms with E-state index in [9.17, 15) is 14.0 Å². The zero-order chi connectivity index (χ0) is 22.8. The van der Waals surface area contributed by atoms with Crippen LogP contribution in [0.2, 0.25) is 0 Å². The van der Waals surface area contributed by atoms with Crippen LogP contribution in [0.3, 0.4) is 0 Å². The van der Waals surface area contributed by atoms with Crippen molar-refractivity contribution in [2.24, 2.45) is 10.9 Å². The average molecular weight is 425 g/mol. The number of allylic oxidation sites excluding steroid dienone is 4. The Morgan fingerprint density at radius 1 is 1.29 bits per heavy atom. The molecular formula is C25H30F2N4. The van der Waals surface area contributed by atoms with E-state index in [0.717, 1.165) is 49.8 Å². The SMILES string of the molecule is C=C(F)/C=C(/F)CCCC1CCN(c2ccc(C#N)cc2NC(=C)C(=C)C=NC)CC1. The largest absolute Gasteiger partial charge is 0.370 e. The summed E-state index contributed by atoms with van der Waals surface area (Å²) in [6, 6.07) is 7.76. The van der Waals surface area contributed by atoms with Crippen LogP contribution < -0.4 is 10.2 Å². The number of hydrogen-bond donors (Lipinski definition) is 1. The molecule has 6 heteroatoms. The molecule has 1 fully saturated rings. The minimum atomic E-state index is -0.745. The second kappa shape index (κ2) is 11.8.